The van der Waals surface area contributed by atoms with Gasteiger partial charge in [0.1, 0.15) is 0 Å². The number of hydrogen-bond donors (Lipinski definition) is 0. The van der Waals surface area contributed by atoms with Crippen molar-refractivity contribution in [1.29, 1.82) is 0 Å². The number of benzene rings is 3. The average molecular weight is 552 g/mol. The molecule has 2 heterocycles. The van der Waals surface area contributed by atoms with Gasteiger partial charge in [0.05, 0.1) is 0 Å². The molecule has 0 radical (unpaired) electrons. The second-order valence-corrected chi connectivity index (χ2v) is 29.2. The van der Waals surface area contributed by atoms with Crippen molar-refractivity contribution in [3.63, 3.8) is 0 Å². The van der Waals surface area contributed by atoms with E-state index in [0.717, 1.165) is 21.8 Å². The summed E-state index contributed by atoms with van der Waals surface area (Å²) in [5.41, 5.74) is 6.65. The molecule has 0 aliphatic carbocycles. The fraction of sp³-hybridized carbons (Fsp3) is 0.0769. The minimum atomic E-state index is -2.24. The van der Waals surface area contributed by atoms with Crippen molar-refractivity contribution in [3.05, 3.63) is 130 Å². The van der Waals surface area contributed by atoms with Crippen LogP contribution in [0.3, 0.4) is 0 Å². The summed E-state index contributed by atoms with van der Waals surface area (Å²) in [6.45, 7) is 0. The number of hydrogen-bond acceptors (Lipinski definition) is 0. The van der Waals surface area contributed by atoms with Crippen LogP contribution in [0.5, 0.6) is 0 Å². The number of fused-ring (bicyclic) bond motifs is 3. The molecular weight excluding hydrogens is 530 g/mol. The number of halogens is 2. The molecule has 5 rings (SSSR count). The second kappa shape index (κ2) is 9.56. The predicted octanol–water partition coefficient (Wildman–Crippen LogP) is 7.32. The van der Waals surface area contributed by atoms with Gasteiger partial charge >= 0.3 is 43.8 Å². The van der Waals surface area contributed by atoms with Crippen LogP contribution >= 0.6 is 17.8 Å². The van der Waals surface area contributed by atoms with Gasteiger partial charge in [-0.3, -0.25) is 0 Å². The van der Waals surface area contributed by atoms with Crippen LogP contribution < -0.4 is 10.4 Å². The summed E-state index contributed by atoms with van der Waals surface area (Å²) >= 11 is -2.24. The molecule has 3 aromatic rings. The number of rotatable bonds is 2. The first-order chi connectivity index (χ1) is 14.9. The summed E-state index contributed by atoms with van der Waals surface area (Å²) in [5, 5.41) is 11.6. The van der Waals surface area contributed by atoms with E-state index in [1.165, 1.54) is 22.3 Å². The Kier molecular flexibility index (Phi) is 6.80. The Morgan fingerprint density at radius 3 is 1.29 bits per heavy atom. The van der Waals surface area contributed by atoms with E-state index in [2.05, 4.69) is 83.4 Å². The van der Waals surface area contributed by atoms with E-state index >= 15 is 0 Å². The van der Waals surface area contributed by atoms with E-state index < -0.39 is 16.1 Å². The quantitative estimate of drug-likeness (QED) is 0.299. The van der Waals surface area contributed by atoms with Gasteiger partial charge in [0.15, 0.2) is 0 Å². The molecule has 0 spiro atoms. The molecule has 0 atom stereocenters. The van der Waals surface area contributed by atoms with Gasteiger partial charge in [-0.1, -0.05) is 84.9 Å². The van der Waals surface area contributed by atoms with Crippen molar-refractivity contribution in [1.82, 2.24) is 0 Å². The van der Waals surface area contributed by atoms with Gasteiger partial charge in [-0.25, -0.2) is 0 Å². The zero-order chi connectivity index (χ0) is 21.8. The van der Waals surface area contributed by atoms with Gasteiger partial charge in [0, 0.05) is 0 Å². The molecule has 0 fully saturated rings. The van der Waals surface area contributed by atoms with Crippen molar-refractivity contribution in [2.24, 2.45) is 0 Å². The van der Waals surface area contributed by atoms with Gasteiger partial charge in [-0.2, -0.15) is 12.4 Å². The van der Waals surface area contributed by atoms with Crippen LogP contribution in [0, 0.1) is 0 Å². The van der Waals surface area contributed by atoms with Crippen LogP contribution in [-0.2, 0) is 0 Å². The summed E-state index contributed by atoms with van der Waals surface area (Å²) in [4.78, 5) is 3.86. The van der Waals surface area contributed by atoms with Gasteiger partial charge in [0.2, 0.25) is 0 Å². The van der Waals surface area contributed by atoms with Crippen LogP contribution in [0.1, 0.15) is 11.1 Å². The molecule has 2 aliphatic rings. The second-order valence-electron chi connectivity index (χ2n) is 7.63. The van der Waals surface area contributed by atoms with E-state index in [1.54, 1.807) is 0 Å². The molecule has 0 unspecified atom stereocenters. The van der Waals surface area contributed by atoms with E-state index in [-0.39, 0.29) is 0 Å². The third kappa shape index (κ3) is 5.38. The molecule has 3 aromatic carbocycles. The van der Waals surface area contributed by atoms with E-state index in [9.17, 15) is 0 Å². The summed E-state index contributed by atoms with van der Waals surface area (Å²) < 4.78 is 0. The van der Waals surface area contributed by atoms with Crippen molar-refractivity contribution >= 4 is 56.5 Å². The van der Waals surface area contributed by atoms with Crippen LogP contribution in [0.4, 0.5) is 11.4 Å². The Balaban J connectivity index is 0.000000418. The fourth-order valence-electron chi connectivity index (χ4n) is 3.57. The monoisotopic (exact) mass is 552 g/mol. The molecule has 0 saturated heterocycles. The standard InChI is InChI=1S/C24H16N2.2CH3.2ClH.Sn/c1-3-7-17(8-4-1)19-13-15-25-23-21(19)11-12-22-20(14-16-26-24(22)23)18-9-5-2-6-10-18;;;;;/h1-16H;2*1H3;2*1H;/q-2;;;;;+2/p-2. The first kappa shape index (κ1) is 22.1. The third-order valence-electron chi connectivity index (χ3n) is 4.79. The number of nitrogens with zero attached hydrogens (tertiary/aromatic N) is 2. The third-order valence-corrected chi connectivity index (χ3v) is 4.79. The fourth-order valence-corrected chi connectivity index (χ4v) is 3.57. The number of allylic oxidation sites excluding steroid dienone is 2. The summed E-state index contributed by atoms with van der Waals surface area (Å²) in [5.74, 6) is 0. The molecule has 31 heavy (non-hydrogen) atoms. The molecule has 2 aliphatic heterocycles. The average Bonchev–Trinajstić information content (AvgIpc) is 2.78. The van der Waals surface area contributed by atoms with Crippen LogP contribution in [0.2, 0.25) is 9.88 Å². The predicted molar refractivity (Wildman–Crippen MR) is 137 cm³/mol. The molecule has 0 aromatic heterocycles. The molecular formula is C26H22Cl2N2Sn-2. The van der Waals surface area contributed by atoms with Crippen molar-refractivity contribution in [3.8, 4) is 0 Å². The van der Waals surface area contributed by atoms with Crippen molar-refractivity contribution in [2.45, 2.75) is 9.88 Å². The Hall–Kier alpha value is -2.14. The maximum atomic E-state index is 5.51. The zero-order valence-corrected chi connectivity index (χ0v) is 21.8. The first-order valence-corrected chi connectivity index (χ1v) is 23.0. The normalized spacial score (nSPS) is 13.9. The summed E-state index contributed by atoms with van der Waals surface area (Å²) in [6, 6.07) is 25.2. The topological polar surface area (TPSA) is 28.2 Å². The van der Waals surface area contributed by atoms with E-state index in [1.807, 2.05) is 34.4 Å². The van der Waals surface area contributed by atoms with Crippen molar-refractivity contribution in [2.75, 3.05) is 0 Å². The molecule has 156 valence electrons. The molecule has 0 N–H and O–H groups in total. The molecule has 0 amide bonds. The Bertz CT molecular complexity index is 1160. The minimum absolute atomic E-state index is 0.946. The Labute approximate surface area is 194 Å². The van der Waals surface area contributed by atoms with E-state index in [0.29, 0.717) is 0 Å². The zero-order valence-electron chi connectivity index (χ0n) is 17.4. The summed E-state index contributed by atoms with van der Waals surface area (Å²) in [6.07, 6.45) is 7.90. The van der Waals surface area contributed by atoms with Crippen LogP contribution in [0.15, 0.2) is 97.3 Å². The van der Waals surface area contributed by atoms with Gasteiger partial charge < -0.3 is 10.6 Å². The maximum absolute atomic E-state index is 5.51. The van der Waals surface area contributed by atoms with Gasteiger partial charge in [-0.15, -0.1) is 11.4 Å². The summed E-state index contributed by atoms with van der Waals surface area (Å²) in [7, 11) is 11.0. The SMILES string of the molecule is C1=CC(c2ccccc2)=c2ccc3c(c2[N-]1)[N-]C=CC=3c1ccccc1.[CH3][Sn]([CH3])([Cl])[Cl]. The molecule has 0 bridgehead atoms. The van der Waals surface area contributed by atoms with Crippen LogP contribution in [-0.4, -0.2) is 16.1 Å². The van der Waals surface area contributed by atoms with E-state index in [4.69, 9.17) is 17.8 Å². The van der Waals surface area contributed by atoms with Crippen molar-refractivity contribution < 1.29 is 0 Å². The van der Waals surface area contributed by atoms with Gasteiger partial charge in [0.25, 0.3) is 0 Å². The first-order valence-electron chi connectivity index (χ1n) is 10.1. The molecule has 5 heteroatoms. The Morgan fingerprint density at radius 2 is 0.935 bits per heavy atom. The molecule has 0 saturated carbocycles. The molecule has 2 nitrogen and oxygen atoms in total. The Morgan fingerprint density at radius 1 is 0.581 bits per heavy atom. The van der Waals surface area contributed by atoms with Gasteiger partial charge in [-0.05, 0) is 32.7 Å². The van der Waals surface area contributed by atoms with Crippen LogP contribution in [0.25, 0.3) is 21.8 Å².